The molecule has 0 aromatic heterocycles. The molecule has 1 saturated heterocycles. The van der Waals surface area contributed by atoms with Gasteiger partial charge in [-0.2, -0.15) is 0 Å². The van der Waals surface area contributed by atoms with Crippen LogP contribution in [0.5, 0.6) is 0 Å². The number of hydrogen-bond donors (Lipinski definition) is 0. The van der Waals surface area contributed by atoms with Crippen molar-refractivity contribution in [2.75, 3.05) is 0 Å². The zero-order chi connectivity index (χ0) is 13.9. The molecule has 0 aromatic carbocycles. The third-order valence-electron chi connectivity index (χ3n) is 4.88. The second kappa shape index (κ2) is 6.01. The molecule has 0 spiro atoms. The molecular weight excluding hydrogens is 235 g/mol. The van der Waals surface area contributed by atoms with Crippen molar-refractivity contribution in [2.24, 2.45) is 0 Å². The van der Waals surface area contributed by atoms with E-state index in [1.54, 1.807) is 0 Å². The fraction of sp³-hybridized carbons (Fsp3) is 0.875. The van der Waals surface area contributed by atoms with E-state index in [-0.39, 0.29) is 18.3 Å². The Balaban J connectivity index is 2.04. The molecule has 0 radical (unpaired) electrons. The van der Waals surface area contributed by atoms with Gasteiger partial charge in [0, 0.05) is 0 Å². The summed E-state index contributed by atoms with van der Waals surface area (Å²) in [5.74, 6) is 0. The van der Waals surface area contributed by atoms with Crippen LogP contribution in [0.15, 0.2) is 11.5 Å². The van der Waals surface area contributed by atoms with E-state index in [4.69, 9.17) is 9.31 Å². The second-order valence-corrected chi connectivity index (χ2v) is 7.03. The highest BCUT2D eigenvalue weighted by Crippen LogP contribution is 2.39. The van der Waals surface area contributed by atoms with Crippen LogP contribution in [-0.2, 0) is 9.31 Å². The summed E-state index contributed by atoms with van der Waals surface area (Å²) in [5, 5.41) is 0. The SMILES string of the molecule is CC1(C)OB(C2=CCCCCCCCC2)OC1(C)C. The van der Waals surface area contributed by atoms with Gasteiger partial charge in [0.1, 0.15) is 0 Å². The van der Waals surface area contributed by atoms with Crippen molar-refractivity contribution in [3.63, 3.8) is 0 Å². The minimum absolute atomic E-state index is 0.121. The summed E-state index contributed by atoms with van der Waals surface area (Å²) in [7, 11) is -0.121. The Morgan fingerprint density at radius 3 is 2.00 bits per heavy atom. The smallest absolute Gasteiger partial charge is 0.400 e. The van der Waals surface area contributed by atoms with Gasteiger partial charge in [-0.15, -0.1) is 0 Å². The summed E-state index contributed by atoms with van der Waals surface area (Å²) in [4.78, 5) is 0. The fourth-order valence-corrected chi connectivity index (χ4v) is 2.78. The fourth-order valence-electron chi connectivity index (χ4n) is 2.78. The molecule has 3 heteroatoms. The van der Waals surface area contributed by atoms with Crippen LogP contribution in [0, 0.1) is 0 Å². The molecule has 19 heavy (non-hydrogen) atoms. The first-order valence-electron chi connectivity index (χ1n) is 7.97. The molecule has 0 aromatic rings. The van der Waals surface area contributed by atoms with Crippen molar-refractivity contribution in [3.8, 4) is 0 Å². The lowest BCUT2D eigenvalue weighted by Gasteiger charge is -2.32. The van der Waals surface area contributed by atoms with Crippen LogP contribution >= 0.6 is 0 Å². The predicted octanol–water partition coefficient (Wildman–Crippen LogP) is 4.68. The van der Waals surface area contributed by atoms with Crippen LogP contribution in [-0.4, -0.2) is 18.3 Å². The van der Waals surface area contributed by atoms with Crippen molar-refractivity contribution in [1.29, 1.82) is 0 Å². The largest absolute Gasteiger partial charge is 0.490 e. The molecule has 2 aliphatic rings. The molecule has 0 unspecified atom stereocenters. The first kappa shape index (κ1) is 15.1. The van der Waals surface area contributed by atoms with E-state index in [1.807, 2.05) is 0 Å². The van der Waals surface area contributed by atoms with Crippen LogP contribution < -0.4 is 0 Å². The third-order valence-corrected chi connectivity index (χ3v) is 4.88. The molecule has 108 valence electrons. The van der Waals surface area contributed by atoms with E-state index in [9.17, 15) is 0 Å². The van der Waals surface area contributed by atoms with E-state index in [0.29, 0.717) is 0 Å². The Labute approximate surface area is 119 Å². The maximum atomic E-state index is 6.18. The van der Waals surface area contributed by atoms with Gasteiger partial charge in [0.25, 0.3) is 0 Å². The predicted molar refractivity (Wildman–Crippen MR) is 81.1 cm³/mol. The number of hydrogen-bond acceptors (Lipinski definition) is 2. The molecular formula is C16H29BO2. The van der Waals surface area contributed by atoms with Crippen LogP contribution in [0.25, 0.3) is 0 Å². The average Bonchev–Trinajstić information content (AvgIpc) is 2.55. The standard InChI is InChI=1S/C16H29BO2/c1-15(2)16(3,4)19-17(18-15)14-12-10-8-6-5-7-9-11-13-14/h12H,5-11,13H2,1-4H3. The maximum Gasteiger partial charge on any atom is 0.490 e. The Bertz CT molecular complexity index is 318. The lowest BCUT2D eigenvalue weighted by Crippen LogP contribution is -2.41. The molecule has 2 nitrogen and oxygen atoms in total. The van der Waals surface area contributed by atoms with Crippen molar-refractivity contribution in [3.05, 3.63) is 11.5 Å². The van der Waals surface area contributed by atoms with E-state index < -0.39 is 0 Å². The van der Waals surface area contributed by atoms with Crippen molar-refractivity contribution in [2.45, 2.75) is 90.3 Å². The summed E-state index contributed by atoms with van der Waals surface area (Å²) in [6.07, 6.45) is 12.8. The highest BCUT2D eigenvalue weighted by Gasteiger charge is 2.52. The monoisotopic (exact) mass is 264 g/mol. The average molecular weight is 264 g/mol. The van der Waals surface area contributed by atoms with Gasteiger partial charge in [-0.25, -0.2) is 0 Å². The number of allylic oxidation sites excluding steroid dienone is 2. The Hall–Kier alpha value is -0.275. The highest BCUT2D eigenvalue weighted by molar-refractivity contribution is 6.54. The molecule has 0 N–H and O–H groups in total. The van der Waals surface area contributed by atoms with E-state index >= 15 is 0 Å². The normalized spacial score (nSPS) is 28.0. The molecule has 0 bridgehead atoms. The molecule has 1 heterocycles. The molecule has 1 fully saturated rings. The molecule has 1 aliphatic carbocycles. The summed E-state index contributed by atoms with van der Waals surface area (Å²) < 4.78 is 12.4. The second-order valence-electron chi connectivity index (χ2n) is 7.03. The van der Waals surface area contributed by atoms with Crippen LogP contribution in [0.4, 0.5) is 0 Å². The topological polar surface area (TPSA) is 18.5 Å². The maximum absolute atomic E-state index is 6.18. The third kappa shape index (κ3) is 3.63. The molecule has 1 aliphatic heterocycles. The van der Waals surface area contributed by atoms with Crippen LogP contribution in [0.1, 0.15) is 79.1 Å². The Kier molecular flexibility index (Phi) is 4.78. The van der Waals surface area contributed by atoms with Gasteiger partial charge in [-0.05, 0) is 52.4 Å². The molecule has 0 saturated carbocycles. The summed E-state index contributed by atoms with van der Waals surface area (Å²) in [5.41, 5.74) is 0.947. The van der Waals surface area contributed by atoms with Crippen LogP contribution in [0.3, 0.4) is 0 Å². The summed E-state index contributed by atoms with van der Waals surface area (Å²) >= 11 is 0. The van der Waals surface area contributed by atoms with Crippen LogP contribution in [0.2, 0.25) is 0 Å². The minimum Gasteiger partial charge on any atom is -0.400 e. The Morgan fingerprint density at radius 1 is 0.842 bits per heavy atom. The van der Waals surface area contributed by atoms with Crippen molar-refractivity contribution in [1.82, 2.24) is 0 Å². The summed E-state index contributed by atoms with van der Waals surface area (Å²) in [6, 6.07) is 0. The lowest BCUT2D eigenvalue weighted by molar-refractivity contribution is 0.00578. The quantitative estimate of drug-likeness (QED) is 0.640. The molecule has 0 amide bonds. The van der Waals surface area contributed by atoms with Gasteiger partial charge in [0.2, 0.25) is 0 Å². The zero-order valence-electron chi connectivity index (χ0n) is 13.1. The van der Waals surface area contributed by atoms with Crippen molar-refractivity contribution < 1.29 is 9.31 Å². The zero-order valence-corrected chi connectivity index (χ0v) is 13.1. The summed E-state index contributed by atoms with van der Waals surface area (Å²) in [6.45, 7) is 8.53. The first-order valence-corrected chi connectivity index (χ1v) is 7.97. The van der Waals surface area contributed by atoms with Crippen molar-refractivity contribution >= 4 is 7.12 Å². The van der Waals surface area contributed by atoms with Gasteiger partial charge in [0.15, 0.2) is 0 Å². The highest BCUT2D eigenvalue weighted by atomic mass is 16.7. The Morgan fingerprint density at radius 2 is 1.37 bits per heavy atom. The lowest BCUT2D eigenvalue weighted by atomic mass is 9.74. The van der Waals surface area contributed by atoms with Gasteiger partial charge >= 0.3 is 7.12 Å². The van der Waals surface area contributed by atoms with Gasteiger partial charge in [-0.1, -0.05) is 38.2 Å². The van der Waals surface area contributed by atoms with E-state index in [0.717, 1.165) is 6.42 Å². The van der Waals surface area contributed by atoms with Gasteiger partial charge < -0.3 is 9.31 Å². The van der Waals surface area contributed by atoms with E-state index in [2.05, 4.69) is 33.8 Å². The minimum atomic E-state index is -0.214. The van der Waals surface area contributed by atoms with E-state index in [1.165, 1.54) is 50.4 Å². The molecule has 0 atom stereocenters. The molecule has 2 rings (SSSR count). The first-order chi connectivity index (χ1) is 8.92. The number of rotatable bonds is 1. The van der Waals surface area contributed by atoms with Gasteiger partial charge in [0.05, 0.1) is 11.2 Å². The van der Waals surface area contributed by atoms with Gasteiger partial charge in [-0.3, -0.25) is 0 Å².